The molecule has 0 bridgehead atoms. The fourth-order valence-electron chi connectivity index (χ4n) is 1.58. The van der Waals surface area contributed by atoms with Gasteiger partial charge >= 0.3 is 0 Å². The fraction of sp³-hybridized carbons (Fsp3) is 0.500. The zero-order valence-electron chi connectivity index (χ0n) is 11.1. The van der Waals surface area contributed by atoms with Crippen molar-refractivity contribution in [3.63, 3.8) is 0 Å². The van der Waals surface area contributed by atoms with E-state index in [2.05, 4.69) is 5.32 Å². The number of aliphatic hydroxyl groups is 1. The quantitative estimate of drug-likeness (QED) is 0.704. The van der Waals surface area contributed by atoms with E-state index in [1.165, 1.54) is 0 Å². The van der Waals surface area contributed by atoms with Gasteiger partial charge in [0.15, 0.2) is 0 Å². The second-order valence-corrected chi connectivity index (χ2v) is 4.78. The predicted molar refractivity (Wildman–Crippen MR) is 72.0 cm³/mol. The Hall–Kier alpha value is -1.39. The second-order valence-electron chi connectivity index (χ2n) is 4.78. The van der Waals surface area contributed by atoms with E-state index in [0.717, 1.165) is 11.1 Å². The van der Waals surface area contributed by atoms with Crippen molar-refractivity contribution in [1.82, 2.24) is 5.32 Å². The molecule has 0 saturated heterocycles. The lowest BCUT2D eigenvalue weighted by atomic mass is 10.0. The highest BCUT2D eigenvalue weighted by atomic mass is 16.3. The van der Waals surface area contributed by atoms with E-state index < -0.39 is 5.60 Å². The summed E-state index contributed by atoms with van der Waals surface area (Å²) in [5.74, 6) is -0.0929. The Kier molecular flexibility index (Phi) is 5.31. The number of carbonyl (C=O) groups excluding carboxylic acids is 1. The van der Waals surface area contributed by atoms with Crippen LogP contribution in [0, 0.1) is 0 Å². The average molecular weight is 250 g/mol. The molecule has 1 aromatic carbocycles. The summed E-state index contributed by atoms with van der Waals surface area (Å²) in [4.78, 5) is 11.8. The van der Waals surface area contributed by atoms with Gasteiger partial charge in [0.2, 0.25) is 5.91 Å². The molecule has 0 radical (unpaired) electrons. The van der Waals surface area contributed by atoms with Gasteiger partial charge in [-0.2, -0.15) is 0 Å². The number of carbonyl (C=O) groups is 1. The number of hydrogen-bond acceptors (Lipinski definition) is 3. The maximum atomic E-state index is 11.8. The van der Waals surface area contributed by atoms with E-state index in [0.29, 0.717) is 19.4 Å². The molecular weight excluding hydrogens is 228 g/mol. The Bertz CT molecular complexity index is 403. The lowest BCUT2D eigenvalue weighted by Crippen LogP contribution is -2.40. The van der Waals surface area contributed by atoms with Crippen molar-refractivity contribution < 1.29 is 9.90 Å². The molecule has 1 unspecified atom stereocenters. The van der Waals surface area contributed by atoms with Crippen LogP contribution < -0.4 is 11.1 Å². The third-order valence-corrected chi connectivity index (χ3v) is 3.12. The summed E-state index contributed by atoms with van der Waals surface area (Å²) in [6.07, 6.45) is 0.903. The molecule has 1 atom stereocenters. The van der Waals surface area contributed by atoms with Gasteiger partial charge in [-0.05, 0) is 24.5 Å². The van der Waals surface area contributed by atoms with Crippen molar-refractivity contribution >= 4 is 5.91 Å². The van der Waals surface area contributed by atoms with E-state index in [-0.39, 0.29) is 12.5 Å². The van der Waals surface area contributed by atoms with E-state index in [1.54, 1.807) is 6.92 Å². The highest BCUT2D eigenvalue weighted by Crippen LogP contribution is 2.09. The van der Waals surface area contributed by atoms with Gasteiger partial charge in [-0.25, -0.2) is 0 Å². The maximum absolute atomic E-state index is 11.8. The van der Waals surface area contributed by atoms with Crippen molar-refractivity contribution in [1.29, 1.82) is 0 Å². The van der Waals surface area contributed by atoms with Crippen molar-refractivity contribution in [2.75, 3.05) is 6.54 Å². The first-order valence-corrected chi connectivity index (χ1v) is 6.24. The largest absolute Gasteiger partial charge is 0.388 e. The Balaban J connectivity index is 2.55. The molecule has 4 N–H and O–H groups in total. The van der Waals surface area contributed by atoms with Crippen LogP contribution in [0.5, 0.6) is 0 Å². The fourth-order valence-corrected chi connectivity index (χ4v) is 1.58. The molecular formula is C14H22N2O2. The molecule has 0 saturated carbocycles. The summed E-state index contributed by atoms with van der Waals surface area (Å²) in [5.41, 5.74) is 6.70. The van der Waals surface area contributed by atoms with Crippen LogP contribution in [0.1, 0.15) is 31.4 Å². The van der Waals surface area contributed by atoms with Crippen LogP contribution in [0.3, 0.4) is 0 Å². The number of nitrogens with one attached hydrogen (secondary N) is 1. The van der Waals surface area contributed by atoms with Crippen molar-refractivity contribution in [3.05, 3.63) is 35.4 Å². The molecule has 4 nitrogen and oxygen atoms in total. The Morgan fingerprint density at radius 2 is 2.00 bits per heavy atom. The third-order valence-electron chi connectivity index (χ3n) is 3.12. The molecule has 0 aromatic heterocycles. The first-order chi connectivity index (χ1) is 8.48. The molecule has 4 heteroatoms. The van der Waals surface area contributed by atoms with Gasteiger partial charge in [0.05, 0.1) is 12.0 Å². The molecule has 18 heavy (non-hydrogen) atoms. The first-order valence-electron chi connectivity index (χ1n) is 6.24. The van der Waals surface area contributed by atoms with Crippen molar-refractivity contribution in [2.24, 2.45) is 5.73 Å². The van der Waals surface area contributed by atoms with Gasteiger partial charge in [-0.15, -0.1) is 0 Å². The molecule has 0 aliphatic rings. The molecule has 0 fully saturated rings. The first kappa shape index (κ1) is 14.7. The molecule has 100 valence electrons. The van der Waals surface area contributed by atoms with E-state index in [1.807, 2.05) is 31.2 Å². The maximum Gasteiger partial charge on any atom is 0.224 e. The molecule has 1 aromatic rings. The van der Waals surface area contributed by atoms with Gasteiger partial charge in [-0.1, -0.05) is 31.2 Å². The molecule has 0 spiro atoms. The minimum atomic E-state index is -0.844. The summed E-state index contributed by atoms with van der Waals surface area (Å²) >= 11 is 0. The molecule has 1 rings (SSSR count). The molecule has 1 amide bonds. The highest BCUT2D eigenvalue weighted by molar-refractivity contribution is 5.79. The predicted octanol–water partition coefficient (Wildman–Crippen LogP) is 0.965. The van der Waals surface area contributed by atoms with E-state index >= 15 is 0 Å². The van der Waals surface area contributed by atoms with Gasteiger partial charge in [-0.3, -0.25) is 4.79 Å². The minimum absolute atomic E-state index is 0.0929. The van der Waals surface area contributed by atoms with E-state index in [9.17, 15) is 9.90 Å². The molecule has 0 aliphatic carbocycles. The second kappa shape index (κ2) is 6.52. The molecule has 0 aliphatic heterocycles. The van der Waals surface area contributed by atoms with E-state index in [4.69, 9.17) is 5.73 Å². The van der Waals surface area contributed by atoms with Gasteiger partial charge < -0.3 is 16.2 Å². The van der Waals surface area contributed by atoms with Crippen LogP contribution in [-0.2, 0) is 17.8 Å². The topological polar surface area (TPSA) is 75.3 Å². The van der Waals surface area contributed by atoms with Gasteiger partial charge in [0, 0.05) is 13.1 Å². The lowest BCUT2D eigenvalue weighted by molar-refractivity contribution is -0.121. The standard InChI is InChI=1S/C14H22N2O2/c1-3-14(2,18)10-16-13(17)8-11-6-4-5-7-12(11)9-15/h4-7,18H,3,8-10,15H2,1-2H3,(H,16,17). The van der Waals surface area contributed by atoms with Gasteiger partial charge in [0.1, 0.15) is 0 Å². The van der Waals surface area contributed by atoms with Crippen LogP contribution in [-0.4, -0.2) is 23.2 Å². The van der Waals surface area contributed by atoms with Crippen molar-refractivity contribution in [3.8, 4) is 0 Å². The summed E-state index contributed by atoms with van der Waals surface area (Å²) in [7, 11) is 0. The highest BCUT2D eigenvalue weighted by Gasteiger charge is 2.18. The Morgan fingerprint density at radius 1 is 1.39 bits per heavy atom. The van der Waals surface area contributed by atoms with Crippen molar-refractivity contribution in [2.45, 2.75) is 38.8 Å². The number of benzene rings is 1. The summed E-state index contributed by atoms with van der Waals surface area (Å²) in [5, 5.41) is 12.5. The number of amides is 1. The summed E-state index contributed by atoms with van der Waals surface area (Å²) < 4.78 is 0. The minimum Gasteiger partial charge on any atom is -0.388 e. The SMILES string of the molecule is CCC(C)(O)CNC(=O)Cc1ccccc1CN. The monoisotopic (exact) mass is 250 g/mol. The Morgan fingerprint density at radius 3 is 2.56 bits per heavy atom. The Labute approximate surface area is 108 Å². The third kappa shape index (κ3) is 4.47. The average Bonchev–Trinajstić information content (AvgIpc) is 2.37. The number of nitrogens with two attached hydrogens (primary N) is 1. The van der Waals surface area contributed by atoms with Crippen LogP contribution in [0.15, 0.2) is 24.3 Å². The lowest BCUT2D eigenvalue weighted by Gasteiger charge is -2.21. The van der Waals surface area contributed by atoms with Crippen LogP contribution >= 0.6 is 0 Å². The summed E-state index contributed by atoms with van der Waals surface area (Å²) in [6, 6.07) is 7.63. The number of hydrogen-bond donors (Lipinski definition) is 3. The zero-order chi connectivity index (χ0) is 13.6. The van der Waals surface area contributed by atoms with Crippen LogP contribution in [0.4, 0.5) is 0 Å². The van der Waals surface area contributed by atoms with Gasteiger partial charge in [0.25, 0.3) is 0 Å². The summed E-state index contributed by atoms with van der Waals surface area (Å²) in [6.45, 7) is 4.29. The van der Waals surface area contributed by atoms with Crippen LogP contribution in [0.2, 0.25) is 0 Å². The van der Waals surface area contributed by atoms with Crippen LogP contribution in [0.25, 0.3) is 0 Å². The normalized spacial score (nSPS) is 14.0. The smallest absolute Gasteiger partial charge is 0.224 e. The zero-order valence-corrected chi connectivity index (χ0v) is 11.1. The number of rotatable bonds is 6. The molecule has 0 heterocycles.